The highest BCUT2D eigenvalue weighted by atomic mass is 31.3. The first-order chi connectivity index (χ1) is 69.7. The van der Waals surface area contributed by atoms with E-state index in [9.17, 15) is 99.2 Å². The maximum atomic E-state index is 14.6. The first-order valence-electron chi connectivity index (χ1n) is 50.6. The molecule has 0 radical (unpaired) electrons. The summed E-state index contributed by atoms with van der Waals surface area (Å²) >= 11 is 0. The van der Waals surface area contributed by atoms with E-state index in [1.54, 1.807) is 12.2 Å². The van der Waals surface area contributed by atoms with Gasteiger partial charge < -0.3 is 101 Å². The molecule has 2 aliphatic heterocycles. The smallest absolute Gasteiger partial charge is 0.467 e. The summed E-state index contributed by atoms with van der Waals surface area (Å²) in [5, 5.41) is 18.1. The van der Waals surface area contributed by atoms with Crippen LogP contribution in [0.1, 0.15) is 313 Å². The third-order valence-electron chi connectivity index (χ3n) is 23.9. The predicted octanol–water partition coefficient (Wildman–Crippen LogP) is 14.8. The lowest BCUT2D eigenvalue weighted by Crippen LogP contribution is -2.70. The molecule has 0 spiro atoms. The van der Waals surface area contributed by atoms with Crippen molar-refractivity contribution in [3.63, 3.8) is 0 Å². The zero-order valence-corrected chi connectivity index (χ0v) is 92.8. The zero-order chi connectivity index (χ0) is 113. The maximum absolute atomic E-state index is 14.6. The lowest BCUT2D eigenvalue weighted by atomic mass is 9.93. The van der Waals surface area contributed by atoms with Crippen molar-refractivity contribution in [3.05, 3.63) is 128 Å². The van der Waals surface area contributed by atoms with Crippen LogP contribution >= 0.6 is 15.6 Å². The van der Waals surface area contributed by atoms with Gasteiger partial charge in [0.25, 0.3) is 0 Å². The molecule has 12 N–H and O–H groups in total. The average Bonchev–Trinajstić information content (AvgIpc) is 0.757. The summed E-state index contributed by atoms with van der Waals surface area (Å²) in [6.45, 7) is 33.1. The van der Waals surface area contributed by atoms with E-state index < -0.39 is 242 Å². The molecule has 842 valence electrons. The van der Waals surface area contributed by atoms with E-state index in [2.05, 4.69) is 172 Å². The van der Waals surface area contributed by atoms with Gasteiger partial charge >= 0.3 is 57.6 Å². The predicted molar refractivity (Wildman–Crippen MR) is 553 cm³/mol. The Morgan fingerprint density at radius 3 is 1.16 bits per heavy atom. The highest BCUT2D eigenvalue weighted by Gasteiger charge is 2.58. The van der Waals surface area contributed by atoms with Crippen LogP contribution < -0.4 is 48.3 Å². The molecule has 0 aromatic heterocycles. The molecule has 2 heterocycles. The first-order valence-corrected chi connectivity index (χ1v) is 53.6. The van der Waals surface area contributed by atoms with Crippen LogP contribution in [0.5, 0.6) is 0 Å². The number of unbranched alkanes of at least 4 members (excludes halogenated alkanes) is 1. The first kappa shape index (κ1) is 135. The number of nitrogens with two attached hydrogens (primary N) is 1. The largest absolute Gasteiger partial charge is 0.483 e. The molecular weight excluding hydrogens is 1990 g/mol. The number of nitrogens with one attached hydrogen (secondary N) is 8. The molecule has 0 bridgehead atoms. The van der Waals surface area contributed by atoms with E-state index in [1.807, 2.05) is 6.92 Å². The molecule has 9 amide bonds. The number of ether oxygens (including phenoxy) is 9. The van der Waals surface area contributed by atoms with Gasteiger partial charge in [-0.25, -0.2) is 13.9 Å². The van der Waals surface area contributed by atoms with Crippen LogP contribution in [0.25, 0.3) is 0 Å². The zero-order valence-electron chi connectivity index (χ0n) is 91.0. The van der Waals surface area contributed by atoms with Crippen LogP contribution in [0.15, 0.2) is 128 Å². The van der Waals surface area contributed by atoms with Crippen LogP contribution in [0, 0.1) is 0 Å². The molecule has 2 saturated heterocycles. The maximum Gasteiger partial charge on any atom is 0.483 e. The molecule has 0 aliphatic carbocycles. The Labute approximate surface area is 876 Å². The molecule has 2 fully saturated rings. The number of alkyl halides is 3. The van der Waals surface area contributed by atoms with Gasteiger partial charge in [-0.1, -0.05) is 128 Å². The van der Waals surface area contributed by atoms with E-state index in [0.717, 1.165) is 184 Å². The average molecular weight is 2150 g/mol. The minimum absolute atomic E-state index is 0.119. The SMILES string of the molecule is COC(=O)[C@@H](C)NC(=O)[C@@H](C)NC(=O)[C@H](CCCCNC(=O)C(F)(F)F)NC(=O)CC[C@H](NC(=O)[C@H](C)NC(=O)[C@@H](C)O[C@@H]1[C@@H](NC(C)=O)[C@@H](OP(=O)(O)OP(=O)(O)OC/C=C(/C)CC/C=C(/C)CC/C=C(/C)CC/C=C(/C)CC/C=C(/C)CC/C=C(/C)CC/C=C(/C)CC/C=C(/C)CC/C=C(/C)CC/C=C(/C)CCC=C(C)C)O[C@H](COC(C)=O)[C@H]1O[C@@H]1O[C@H](COC(C)=O)[C@@H](OC(C)=O)[C@H](OC(C)=O)[C@H]1NC(C)=O)C(N)=O. The number of allylic oxidation sites excluding steroid dienone is 21. The quantitative estimate of drug-likeness (QED) is 0.00885. The number of amides is 9. The van der Waals surface area contributed by atoms with Crippen molar-refractivity contribution in [2.24, 2.45) is 5.73 Å². The Morgan fingerprint density at radius 2 is 0.779 bits per heavy atom. The molecule has 39 nitrogen and oxygen atoms in total. The molecule has 0 aromatic carbocycles. The van der Waals surface area contributed by atoms with Gasteiger partial charge in [0.1, 0.15) is 86.0 Å². The summed E-state index contributed by atoms with van der Waals surface area (Å²) in [7, 11) is -10.7. The number of halogens is 3. The van der Waals surface area contributed by atoms with Gasteiger partial charge in [0.2, 0.25) is 47.3 Å². The summed E-state index contributed by atoms with van der Waals surface area (Å²) < 4.78 is 134. The number of methoxy groups -OCH3 is 1. The monoisotopic (exact) mass is 2150 g/mol. The van der Waals surface area contributed by atoms with Gasteiger partial charge in [0.15, 0.2) is 24.8 Å². The minimum Gasteiger partial charge on any atom is -0.467 e. The summed E-state index contributed by atoms with van der Waals surface area (Å²) in [6, 6.07) is -11.6. The van der Waals surface area contributed by atoms with Crippen molar-refractivity contribution in [1.29, 1.82) is 0 Å². The standard InChI is InChI=1S/C105H166F3N9O30P2/c1-64(2)36-26-37-65(3)38-27-39-66(4)40-28-41-67(5)42-29-43-68(6)44-30-45-69(7)46-31-47-70(8)48-32-49-71(9)50-33-51-72(10)52-34-53-73(11)54-35-55-74(12)59-61-139-148(132,133)147-149(134,135)146-103-91(115-80(18)119)94(93(88(144-103)63-138-82(20)121)145-102-90(114-79(17)118)95(142-84(22)123)92(141-83(21)122)87(143-102)62-137-81(19)120)140-78(16)99(128)111-76(14)98(127)117-85(96(109)125)57-58-89(124)116-86(56-24-25-60-110-104(131)105(106,107)108)100(129)112-75(13)97(126)113-77(15)101(130)136-23/h36,38,40,42,44,46,48,50,52,54,59,75-78,85-88,90-95,102-103H,24-35,37,39,41,43,45,47,49,51,53,55-58,60-63H2,1-23H3,(H2,109,125)(H,110,131)(H,111,128)(H,112,129)(H,113,126)(H,114,118)(H,115,119)(H,116,124)(H,117,127)(H,132,133)(H,134,135)/b65-38-,66-40-,67-42-,68-44-,69-46-,70-48-,71-50-,72-52-,73-54-,74-59-/t75-,76+,77-,78-,85+,86+,87-,88-,90-,91-,92-,93-,94-,95-,102+,103-/m1/s1. The molecule has 0 aromatic rings. The number of carbonyl (C=O) groups excluding carboxylic acids is 14. The number of phosphoric acid groups is 2. The van der Waals surface area contributed by atoms with Crippen LogP contribution in [0.4, 0.5) is 13.2 Å². The van der Waals surface area contributed by atoms with Crippen LogP contribution in [0.3, 0.4) is 0 Å². The van der Waals surface area contributed by atoms with Crippen LogP contribution in [0.2, 0.25) is 0 Å². The highest BCUT2D eigenvalue weighted by Crippen LogP contribution is 2.61. The fraction of sp³-hybridized carbons (Fsp3) is 0.657. The second-order valence-corrected chi connectivity index (χ2v) is 41.3. The normalized spacial score (nSPS) is 20.9. The third kappa shape index (κ3) is 59.3. The van der Waals surface area contributed by atoms with E-state index in [4.69, 9.17) is 57.0 Å². The van der Waals surface area contributed by atoms with E-state index >= 15 is 0 Å². The summed E-state index contributed by atoms with van der Waals surface area (Å²) in [6.07, 6.45) is 19.0. The summed E-state index contributed by atoms with van der Waals surface area (Å²) in [5.41, 5.74) is 20.2. The number of hydrogen-bond acceptors (Lipinski definition) is 28. The van der Waals surface area contributed by atoms with Crippen molar-refractivity contribution in [1.82, 2.24) is 42.5 Å². The van der Waals surface area contributed by atoms with E-state index in [1.165, 1.54) is 70.1 Å². The van der Waals surface area contributed by atoms with Crippen molar-refractivity contribution in [2.45, 2.75) is 417 Å². The third-order valence-corrected chi connectivity index (χ3v) is 26.5. The lowest BCUT2D eigenvalue weighted by molar-refractivity contribution is -0.332. The van der Waals surface area contributed by atoms with Crippen molar-refractivity contribution in [2.75, 3.05) is 33.5 Å². The van der Waals surface area contributed by atoms with E-state index in [0.29, 0.717) is 18.4 Å². The molecule has 44 heteroatoms. The van der Waals surface area contributed by atoms with Gasteiger partial charge in [0, 0.05) is 54.5 Å². The number of hydrogen-bond donors (Lipinski definition) is 11. The van der Waals surface area contributed by atoms with Crippen molar-refractivity contribution in [3.8, 4) is 0 Å². The van der Waals surface area contributed by atoms with Gasteiger partial charge in [0.05, 0.1) is 13.7 Å². The second kappa shape index (κ2) is 70.7. The van der Waals surface area contributed by atoms with Crippen molar-refractivity contribution < 1.29 is 155 Å². The molecule has 2 aliphatic rings. The minimum atomic E-state index is -6.11. The Hall–Kier alpha value is -10.4. The number of phosphoric ester groups is 2. The summed E-state index contributed by atoms with van der Waals surface area (Å²) in [4.78, 5) is 205. The topological polar surface area (TPSA) is 547 Å². The highest BCUT2D eigenvalue weighted by molar-refractivity contribution is 7.61. The number of rotatable bonds is 68. The van der Waals surface area contributed by atoms with Crippen LogP contribution in [-0.2, 0) is 132 Å². The second-order valence-electron chi connectivity index (χ2n) is 38.3. The van der Waals surface area contributed by atoms with Gasteiger partial charge in [-0.05, 0) is 265 Å². The molecule has 18 atom stereocenters. The Morgan fingerprint density at radius 1 is 0.409 bits per heavy atom. The Bertz CT molecular complexity index is 4880. The van der Waals surface area contributed by atoms with E-state index in [-0.39, 0.29) is 19.3 Å². The Kier molecular flexibility index (Phi) is 63.9. The van der Waals surface area contributed by atoms with Gasteiger partial charge in [-0.15, -0.1) is 0 Å². The van der Waals surface area contributed by atoms with Gasteiger partial charge in [-0.3, -0.25) is 71.4 Å². The lowest BCUT2D eigenvalue weighted by Gasteiger charge is -2.50. The molecule has 149 heavy (non-hydrogen) atoms. The molecule has 2 rings (SSSR count). The summed E-state index contributed by atoms with van der Waals surface area (Å²) in [5.74, 6) is -15.7. The number of primary amides is 1. The van der Waals surface area contributed by atoms with Crippen LogP contribution in [-0.4, -0.2) is 230 Å². The number of carbonyl (C=O) groups is 14. The molecule has 0 saturated carbocycles. The van der Waals surface area contributed by atoms with Gasteiger partial charge in [-0.2, -0.15) is 17.5 Å². The van der Waals surface area contributed by atoms with Crippen molar-refractivity contribution >= 4 is 98.7 Å². The number of esters is 5. The fourth-order valence-corrected chi connectivity index (χ4v) is 17.6. The Balaban J connectivity index is 2.34. The molecule has 2 unspecified atom stereocenters. The fourth-order valence-electron chi connectivity index (χ4n) is 15.5. The molecular formula is C105H166F3N9O30P2.